The van der Waals surface area contributed by atoms with Gasteiger partial charge in [0.2, 0.25) is 11.8 Å². The Morgan fingerprint density at radius 3 is 2.83 bits per heavy atom. The number of anilines is 1. The summed E-state index contributed by atoms with van der Waals surface area (Å²) in [7, 11) is 1.58. The van der Waals surface area contributed by atoms with Gasteiger partial charge in [0.05, 0.1) is 15.7 Å². The monoisotopic (exact) mass is 531 g/mol. The number of para-hydroxylation sites is 1. The number of thioether (sulfide) groups is 1. The number of carbonyl (C=O) groups is 1. The first kappa shape index (κ1) is 24.9. The van der Waals surface area contributed by atoms with Gasteiger partial charge < -0.3 is 9.84 Å². The van der Waals surface area contributed by atoms with Gasteiger partial charge in [-0.2, -0.15) is 0 Å². The van der Waals surface area contributed by atoms with Crippen LogP contribution in [0.15, 0.2) is 74.9 Å². The molecule has 2 heterocycles. The highest BCUT2D eigenvalue weighted by Gasteiger charge is 2.32. The van der Waals surface area contributed by atoms with Gasteiger partial charge in [-0.15, -0.1) is 0 Å². The van der Waals surface area contributed by atoms with Crippen LogP contribution in [-0.2, 0) is 16.1 Å². The highest BCUT2D eigenvalue weighted by atomic mass is 35.5. The smallest absolute Gasteiger partial charge is 0.320 e. The number of halogens is 2. The maximum absolute atomic E-state index is 13.3. The number of methoxy groups -OCH3 is 1. The molecule has 0 aliphatic carbocycles. The number of amidine groups is 1. The molecule has 0 saturated heterocycles. The Kier molecular flexibility index (Phi) is 8.19. The number of aromatic nitrogens is 2. The van der Waals surface area contributed by atoms with E-state index in [1.54, 1.807) is 43.5 Å². The third-order valence-electron chi connectivity index (χ3n) is 4.70. The summed E-state index contributed by atoms with van der Waals surface area (Å²) < 4.78 is 11.5. The lowest BCUT2D eigenvalue weighted by Crippen LogP contribution is -2.36. The number of amides is 1. The lowest BCUT2D eigenvalue weighted by molar-refractivity contribution is -0.763. The van der Waals surface area contributed by atoms with E-state index in [9.17, 15) is 9.90 Å². The molecule has 0 N–H and O–H groups in total. The number of hydrogen-bond donors (Lipinski definition) is 0. The van der Waals surface area contributed by atoms with Gasteiger partial charge in [0, 0.05) is 12.9 Å². The van der Waals surface area contributed by atoms with Crippen LogP contribution < -0.4 is 14.7 Å². The minimum absolute atomic E-state index is 0.0700. The van der Waals surface area contributed by atoms with Gasteiger partial charge in [-0.3, -0.25) is 14.2 Å². The molecule has 0 atom stereocenters. The molecule has 180 valence electrons. The second kappa shape index (κ2) is 11.5. The van der Waals surface area contributed by atoms with Crippen LogP contribution in [0.2, 0.25) is 10.0 Å². The van der Waals surface area contributed by atoms with Gasteiger partial charge in [-0.25, -0.2) is 9.98 Å². The van der Waals surface area contributed by atoms with Gasteiger partial charge >= 0.3 is 5.88 Å². The maximum atomic E-state index is 13.3. The van der Waals surface area contributed by atoms with Crippen LogP contribution in [0.3, 0.4) is 0 Å². The quantitative estimate of drug-likeness (QED) is 0.190. The van der Waals surface area contributed by atoms with Crippen molar-refractivity contribution >= 4 is 69.6 Å². The van der Waals surface area contributed by atoms with Crippen LogP contribution in [-0.4, -0.2) is 41.7 Å². The second-order valence-electron chi connectivity index (χ2n) is 7.13. The Bertz CT molecular complexity index is 1310. The molecule has 0 radical (unpaired) electrons. The zero-order chi connectivity index (χ0) is 24.8. The van der Waals surface area contributed by atoms with Crippen LogP contribution in [0, 0.1) is 0 Å². The SMILES string of the molecule is COCC[n+]1cc(/N=C(\[O-])CSC2=N/C(=C/c3cccc(Cl)c3Cl)C(=O)N2c2ccccc2)on1. The lowest BCUT2D eigenvalue weighted by atomic mass is 10.2. The molecule has 1 aliphatic heterocycles. The van der Waals surface area contributed by atoms with E-state index < -0.39 is 5.90 Å². The number of nitrogens with zero attached hydrogens (tertiary/aromatic N) is 5. The Balaban J connectivity index is 1.57. The van der Waals surface area contributed by atoms with E-state index in [0.29, 0.717) is 39.6 Å². The van der Waals surface area contributed by atoms with Crippen molar-refractivity contribution in [3.8, 4) is 0 Å². The number of carbonyl (C=O) groups excluding carboxylic acids is 1. The van der Waals surface area contributed by atoms with Crippen LogP contribution in [0.4, 0.5) is 11.6 Å². The van der Waals surface area contributed by atoms with E-state index in [0.717, 1.165) is 11.8 Å². The topological polar surface area (TPSA) is 107 Å². The largest absolute Gasteiger partial charge is 0.861 e. The Labute approximate surface area is 215 Å². The molecule has 2 aromatic carbocycles. The molecular weight excluding hydrogens is 513 g/mol. The number of rotatable bonds is 8. The minimum Gasteiger partial charge on any atom is -0.861 e. The molecule has 1 aliphatic rings. The molecule has 0 bridgehead atoms. The first-order valence-corrected chi connectivity index (χ1v) is 12.1. The van der Waals surface area contributed by atoms with Crippen molar-refractivity contribution in [3.05, 3.63) is 76.0 Å². The highest BCUT2D eigenvalue weighted by molar-refractivity contribution is 8.14. The van der Waals surface area contributed by atoms with Crippen molar-refractivity contribution in [2.45, 2.75) is 6.54 Å². The molecule has 9 nitrogen and oxygen atoms in total. The average Bonchev–Trinajstić information content (AvgIpc) is 3.43. The average molecular weight is 532 g/mol. The molecule has 0 saturated carbocycles. The predicted molar refractivity (Wildman–Crippen MR) is 134 cm³/mol. The second-order valence-corrected chi connectivity index (χ2v) is 8.86. The molecule has 1 aromatic heterocycles. The van der Waals surface area contributed by atoms with Crippen LogP contribution in [0.1, 0.15) is 5.56 Å². The number of hydrogen-bond acceptors (Lipinski definition) is 8. The van der Waals surface area contributed by atoms with Crippen molar-refractivity contribution in [2.24, 2.45) is 9.98 Å². The van der Waals surface area contributed by atoms with Gasteiger partial charge in [0.1, 0.15) is 12.3 Å². The first-order chi connectivity index (χ1) is 17.0. The zero-order valence-electron chi connectivity index (χ0n) is 18.4. The van der Waals surface area contributed by atoms with Crippen LogP contribution in [0.25, 0.3) is 6.08 Å². The fourth-order valence-electron chi connectivity index (χ4n) is 3.07. The summed E-state index contributed by atoms with van der Waals surface area (Å²) in [6.45, 7) is 0.912. The molecule has 1 amide bonds. The summed E-state index contributed by atoms with van der Waals surface area (Å²) in [6, 6.07) is 14.2. The number of ether oxygens (including phenoxy) is 1. The van der Waals surface area contributed by atoms with Gasteiger partial charge in [0.25, 0.3) is 12.1 Å². The Morgan fingerprint density at radius 2 is 2.06 bits per heavy atom. The minimum atomic E-state index is -0.469. The molecular formula is C23H19Cl2N5O4S. The van der Waals surface area contributed by atoms with E-state index in [-0.39, 0.29) is 23.2 Å². The van der Waals surface area contributed by atoms with Crippen molar-refractivity contribution in [1.29, 1.82) is 0 Å². The zero-order valence-corrected chi connectivity index (χ0v) is 20.8. The summed E-state index contributed by atoms with van der Waals surface area (Å²) in [5, 5.41) is 17.3. The van der Waals surface area contributed by atoms with E-state index in [2.05, 4.69) is 15.3 Å². The standard InChI is InChI=1S/C23H19Cl2N5O4S/c1-33-11-10-29-13-20(34-28-29)27-19(31)14-35-23-26-18(12-15-6-5-9-17(24)21(15)25)22(32)30(23)16-7-3-2-4-8-16/h2-9,12-13H,10-11,14H2,1H3/b18-12+. The Hall–Kier alpha value is -3.18. The number of benzene rings is 2. The molecule has 0 spiro atoms. The first-order valence-electron chi connectivity index (χ1n) is 10.3. The van der Waals surface area contributed by atoms with Crippen molar-refractivity contribution in [1.82, 2.24) is 5.27 Å². The highest BCUT2D eigenvalue weighted by Crippen LogP contribution is 2.32. The fourth-order valence-corrected chi connectivity index (χ4v) is 4.23. The van der Waals surface area contributed by atoms with E-state index in [4.69, 9.17) is 32.5 Å². The predicted octanol–water partition coefficient (Wildman–Crippen LogP) is 3.48. The molecule has 0 unspecified atom stereocenters. The normalized spacial score (nSPS) is 15.2. The summed E-state index contributed by atoms with van der Waals surface area (Å²) >= 11 is 13.5. The Morgan fingerprint density at radius 1 is 1.26 bits per heavy atom. The summed E-state index contributed by atoms with van der Waals surface area (Å²) in [5.41, 5.74) is 1.34. The molecule has 3 aromatic rings. The molecule has 35 heavy (non-hydrogen) atoms. The summed E-state index contributed by atoms with van der Waals surface area (Å²) in [6.07, 6.45) is 3.07. The molecule has 0 fully saturated rings. The van der Waals surface area contributed by atoms with Crippen molar-refractivity contribution in [3.63, 3.8) is 0 Å². The van der Waals surface area contributed by atoms with Gasteiger partial charge in [0.15, 0.2) is 5.17 Å². The summed E-state index contributed by atoms with van der Waals surface area (Å²) in [4.78, 5) is 23.1. The maximum Gasteiger partial charge on any atom is 0.320 e. The number of aliphatic imine (C=N–C) groups is 2. The van der Waals surface area contributed by atoms with E-state index >= 15 is 0 Å². The van der Waals surface area contributed by atoms with E-state index in [1.807, 2.05) is 18.2 Å². The fraction of sp³-hybridized carbons (Fsp3) is 0.174. The third kappa shape index (κ3) is 6.09. The van der Waals surface area contributed by atoms with Gasteiger partial charge in [-0.05, 0) is 40.4 Å². The van der Waals surface area contributed by atoms with Crippen molar-refractivity contribution < 1.29 is 23.8 Å². The van der Waals surface area contributed by atoms with Crippen LogP contribution in [0.5, 0.6) is 0 Å². The molecule has 4 rings (SSSR count). The van der Waals surface area contributed by atoms with Crippen LogP contribution >= 0.6 is 35.0 Å². The van der Waals surface area contributed by atoms with Crippen molar-refractivity contribution in [2.75, 3.05) is 24.4 Å². The van der Waals surface area contributed by atoms with E-state index in [1.165, 1.54) is 15.8 Å². The third-order valence-corrected chi connectivity index (χ3v) is 6.46. The lowest BCUT2D eigenvalue weighted by Gasteiger charge is -2.18. The van der Waals surface area contributed by atoms with Gasteiger partial charge in [-0.1, -0.05) is 65.3 Å². The summed E-state index contributed by atoms with van der Waals surface area (Å²) in [5.74, 6) is -0.816. The molecule has 12 heteroatoms.